The summed E-state index contributed by atoms with van der Waals surface area (Å²) < 4.78 is 24.2. The van der Waals surface area contributed by atoms with Crippen LogP contribution in [0.15, 0.2) is 60.7 Å². The van der Waals surface area contributed by atoms with E-state index >= 15 is 0 Å². The van der Waals surface area contributed by atoms with Crippen molar-refractivity contribution in [3.63, 3.8) is 0 Å². The molecule has 0 aromatic heterocycles. The van der Waals surface area contributed by atoms with Gasteiger partial charge in [0.1, 0.15) is 0 Å². The van der Waals surface area contributed by atoms with Crippen molar-refractivity contribution in [2.75, 3.05) is 19.8 Å². The molecule has 2 aromatic rings. The number of amides is 1. The predicted molar refractivity (Wildman–Crippen MR) is 94.6 cm³/mol. The summed E-state index contributed by atoms with van der Waals surface area (Å²) in [5.74, 6) is -0.226. The van der Waals surface area contributed by atoms with Gasteiger partial charge in [-0.3, -0.25) is 4.79 Å². The molecule has 128 valence electrons. The molecule has 0 radical (unpaired) electrons. The Bertz CT molecular complexity index is 720. The Morgan fingerprint density at radius 2 is 1.29 bits per heavy atom. The molecule has 0 aliphatic heterocycles. The molecule has 0 fully saturated rings. The van der Waals surface area contributed by atoms with E-state index in [1.807, 2.05) is 60.7 Å². The van der Waals surface area contributed by atoms with Crippen LogP contribution in [0.5, 0.6) is 0 Å². The molecule has 0 saturated carbocycles. The van der Waals surface area contributed by atoms with Gasteiger partial charge in [-0.15, -0.1) is 0 Å². The molecular weight excluding hydrogens is 324 g/mol. The van der Waals surface area contributed by atoms with Crippen molar-refractivity contribution in [2.45, 2.75) is 13.1 Å². The summed E-state index contributed by atoms with van der Waals surface area (Å²) in [7, 11) is -1.98. The fourth-order valence-corrected chi connectivity index (χ4v) is 2.59. The van der Waals surface area contributed by atoms with E-state index in [1.54, 1.807) is 4.90 Å². The highest BCUT2D eigenvalue weighted by Gasteiger charge is 2.20. The molecule has 0 spiro atoms. The Labute approximate surface area is 143 Å². The third kappa shape index (κ3) is 5.47. The molecular formula is C18H22N2O3S. The Morgan fingerprint density at radius 3 is 1.67 bits per heavy atom. The van der Waals surface area contributed by atoms with E-state index in [9.17, 15) is 13.2 Å². The van der Waals surface area contributed by atoms with Gasteiger partial charge in [-0.2, -0.15) is 4.31 Å². The SMILES string of the molecule is CN(CC(=O)N(Cc1ccccc1)Cc1ccccc1)S(C)(=O)=O. The fraction of sp³-hybridized carbons (Fsp3) is 0.278. The van der Waals surface area contributed by atoms with Crippen molar-refractivity contribution in [3.05, 3.63) is 71.8 Å². The molecule has 24 heavy (non-hydrogen) atoms. The third-order valence-electron chi connectivity index (χ3n) is 3.71. The second-order valence-corrected chi connectivity index (χ2v) is 7.83. The number of benzene rings is 2. The molecule has 0 unspecified atom stereocenters. The van der Waals surface area contributed by atoms with Gasteiger partial charge in [-0.1, -0.05) is 60.7 Å². The smallest absolute Gasteiger partial charge is 0.238 e. The lowest BCUT2D eigenvalue weighted by molar-refractivity contribution is -0.132. The monoisotopic (exact) mass is 346 g/mol. The van der Waals surface area contributed by atoms with E-state index in [4.69, 9.17) is 0 Å². The van der Waals surface area contributed by atoms with Crippen LogP contribution >= 0.6 is 0 Å². The van der Waals surface area contributed by atoms with Crippen molar-refractivity contribution in [3.8, 4) is 0 Å². The Balaban J connectivity index is 2.16. The zero-order chi connectivity index (χ0) is 17.6. The molecule has 1 amide bonds. The van der Waals surface area contributed by atoms with E-state index < -0.39 is 10.0 Å². The average Bonchev–Trinajstić information content (AvgIpc) is 2.55. The lowest BCUT2D eigenvalue weighted by Gasteiger charge is -2.25. The molecule has 2 aromatic carbocycles. The second-order valence-electron chi connectivity index (χ2n) is 5.74. The topological polar surface area (TPSA) is 57.7 Å². The zero-order valence-corrected chi connectivity index (χ0v) is 14.7. The van der Waals surface area contributed by atoms with Gasteiger partial charge in [-0.25, -0.2) is 8.42 Å². The summed E-state index contributed by atoms with van der Waals surface area (Å²) in [6.45, 7) is 0.705. The van der Waals surface area contributed by atoms with Gasteiger partial charge in [0.15, 0.2) is 0 Å². The minimum atomic E-state index is -3.39. The van der Waals surface area contributed by atoms with Gasteiger partial charge in [0.2, 0.25) is 15.9 Å². The van der Waals surface area contributed by atoms with E-state index in [0.717, 1.165) is 21.7 Å². The summed E-state index contributed by atoms with van der Waals surface area (Å²) in [5.41, 5.74) is 2.01. The highest BCUT2D eigenvalue weighted by molar-refractivity contribution is 7.88. The van der Waals surface area contributed by atoms with Crippen molar-refractivity contribution < 1.29 is 13.2 Å². The van der Waals surface area contributed by atoms with E-state index in [2.05, 4.69) is 0 Å². The lowest BCUT2D eigenvalue weighted by Crippen LogP contribution is -2.40. The molecule has 5 nitrogen and oxygen atoms in total. The Kier molecular flexibility index (Phi) is 6.11. The first-order valence-corrected chi connectivity index (χ1v) is 9.48. The van der Waals surface area contributed by atoms with Crippen LogP contribution in [0.2, 0.25) is 0 Å². The number of nitrogens with zero attached hydrogens (tertiary/aromatic N) is 2. The maximum atomic E-state index is 12.6. The molecule has 0 bridgehead atoms. The van der Waals surface area contributed by atoms with E-state index in [0.29, 0.717) is 13.1 Å². The molecule has 0 atom stereocenters. The Morgan fingerprint density at radius 1 is 0.875 bits per heavy atom. The molecule has 0 N–H and O–H groups in total. The van der Waals surface area contributed by atoms with Crippen molar-refractivity contribution in [1.82, 2.24) is 9.21 Å². The van der Waals surface area contributed by atoms with Gasteiger partial charge in [-0.05, 0) is 11.1 Å². The number of rotatable bonds is 7. The van der Waals surface area contributed by atoms with Gasteiger partial charge >= 0.3 is 0 Å². The van der Waals surface area contributed by atoms with Gasteiger partial charge in [0.05, 0.1) is 12.8 Å². The highest BCUT2D eigenvalue weighted by atomic mass is 32.2. The summed E-state index contributed by atoms with van der Waals surface area (Å²) in [6, 6.07) is 19.3. The highest BCUT2D eigenvalue weighted by Crippen LogP contribution is 2.11. The van der Waals surface area contributed by atoms with Crippen LogP contribution in [0.4, 0.5) is 0 Å². The first-order chi connectivity index (χ1) is 11.4. The number of carbonyl (C=O) groups excluding carboxylic acids is 1. The van der Waals surface area contributed by atoms with Crippen LogP contribution in [0.25, 0.3) is 0 Å². The van der Waals surface area contributed by atoms with Gasteiger partial charge in [0.25, 0.3) is 0 Å². The van der Waals surface area contributed by atoms with Crippen molar-refractivity contribution >= 4 is 15.9 Å². The second kappa shape index (κ2) is 8.08. The van der Waals surface area contributed by atoms with Crippen LogP contribution in [0.1, 0.15) is 11.1 Å². The molecule has 6 heteroatoms. The minimum absolute atomic E-state index is 0.168. The summed E-state index contributed by atoms with van der Waals surface area (Å²) in [6.07, 6.45) is 1.10. The number of hydrogen-bond donors (Lipinski definition) is 0. The van der Waals surface area contributed by atoms with Gasteiger partial charge in [0, 0.05) is 20.1 Å². The standard InChI is InChI=1S/C18H22N2O3S/c1-19(24(2,22)23)15-18(21)20(13-16-9-5-3-6-10-16)14-17-11-7-4-8-12-17/h3-12H,13-15H2,1-2H3. The van der Waals surface area contributed by atoms with Crippen molar-refractivity contribution in [1.29, 1.82) is 0 Å². The van der Waals surface area contributed by atoms with Crippen LogP contribution in [-0.4, -0.2) is 43.4 Å². The number of likely N-dealkylation sites (N-methyl/N-ethyl adjacent to an activating group) is 1. The molecule has 2 rings (SSSR count). The zero-order valence-electron chi connectivity index (χ0n) is 13.9. The van der Waals surface area contributed by atoms with Crippen LogP contribution < -0.4 is 0 Å². The minimum Gasteiger partial charge on any atom is -0.333 e. The predicted octanol–water partition coefficient (Wildman–Crippen LogP) is 2.11. The normalized spacial score (nSPS) is 11.5. The lowest BCUT2D eigenvalue weighted by atomic mass is 10.1. The fourth-order valence-electron chi connectivity index (χ4n) is 2.25. The van der Waals surface area contributed by atoms with Crippen LogP contribution in [0.3, 0.4) is 0 Å². The maximum absolute atomic E-state index is 12.6. The number of carbonyl (C=O) groups is 1. The largest absolute Gasteiger partial charge is 0.333 e. The van der Waals surface area contributed by atoms with Crippen LogP contribution in [-0.2, 0) is 27.9 Å². The molecule has 0 heterocycles. The first-order valence-electron chi connectivity index (χ1n) is 7.63. The van der Waals surface area contributed by atoms with Crippen molar-refractivity contribution in [2.24, 2.45) is 0 Å². The molecule has 0 aliphatic rings. The quantitative estimate of drug-likeness (QED) is 0.771. The summed E-state index contributed by atoms with van der Waals surface area (Å²) >= 11 is 0. The average molecular weight is 346 g/mol. The number of hydrogen-bond acceptors (Lipinski definition) is 3. The Hall–Kier alpha value is -2.18. The molecule has 0 aliphatic carbocycles. The van der Waals surface area contributed by atoms with Crippen LogP contribution in [0, 0.1) is 0 Å². The number of sulfonamides is 1. The maximum Gasteiger partial charge on any atom is 0.238 e. The molecule has 0 saturated heterocycles. The summed E-state index contributed by atoms with van der Waals surface area (Å²) in [5, 5.41) is 0. The summed E-state index contributed by atoms with van der Waals surface area (Å²) in [4.78, 5) is 14.3. The third-order valence-corrected chi connectivity index (χ3v) is 4.97. The van der Waals surface area contributed by atoms with E-state index in [1.165, 1.54) is 7.05 Å². The first kappa shape index (κ1) is 18.2. The van der Waals surface area contributed by atoms with Gasteiger partial charge < -0.3 is 4.90 Å². The van der Waals surface area contributed by atoms with E-state index in [-0.39, 0.29) is 12.5 Å².